The fourth-order valence-corrected chi connectivity index (χ4v) is 3.26. The Morgan fingerprint density at radius 3 is 2.88 bits per heavy atom. The lowest BCUT2D eigenvalue weighted by molar-refractivity contribution is 0.193. The monoisotopic (exact) mass is 325 g/mol. The highest BCUT2D eigenvalue weighted by Crippen LogP contribution is 2.34. The molecule has 24 heavy (non-hydrogen) atoms. The quantitative estimate of drug-likeness (QED) is 0.816. The van der Waals surface area contributed by atoms with Gasteiger partial charge in [0.15, 0.2) is 0 Å². The molecule has 126 valence electrons. The van der Waals surface area contributed by atoms with Crippen molar-refractivity contribution in [2.24, 2.45) is 0 Å². The van der Waals surface area contributed by atoms with Crippen molar-refractivity contribution in [2.45, 2.75) is 37.8 Å². The molecule has 2 heterocycles. The van der Waals surface area contributed by atoms with Gasteiger partial charge in [-0.05, 0) is 37.0 Å². The van der Waals surface area contributed by atoms with Crippen molar-refractivity contribution < 1.29 is 9.47 Å². The Hall–Kier alpha value is -2.14. The van der Waals surface area contributed by atoms with E-state index in [1.54, 1.807) is 13.4 Å². The Labute approximate surface area is 142 Å². The number of methoxy groups -OCH3 is 1. The third kappa shape index (κ3) is 3.36. The van der Waals surface area contributed by atoms with Gasteiger partial charge in [-0.1, -0.05) is 12.1 Å². The van der Waals surface area contributed by atoms with Gasteiger partial charge in [0.25, 0.3) is 0 Å². The molecule has 0 spiro atoms. The zero-order valence-corrected chi connectivity index (χ0v) is 14.0. The van der Waals surface area contributed by atoms with Crippen molar-refractivity contribution >= 4 is 5.82 Å². The average molecular weight is 325 g/mol. The van der Waals surface area contributed by atoms with Gasteiger partial charge < -0.3 is 14.4 Å². The first-order valence-corrected chi connectivity index (χ1v) is 8.63. The van der Waals surface area contributed by atoms with Crippen LogP contribution in [0.5, 0.6) is 5.75 Å². The first-order valence-electron chi connectivity index (χ1n) is 8.63. The predicted molar refractivity (Wildman–Crippen MR) is 92.4 cm³/mol. The van der Waals surface area contributed by atoms with Crippen molar-refractivity contribution in [2.75, 3.05) is 25.2 Å². The van der Waals surface area contributed by atoms with Crippen LogP contribution in [-0.2, 0) is 11.3 Å². The highest BCUT2D eigenvalue weighted by molar-refractivity contribution is 5.44. The van der Waals surface area contributed by atoms with E-state index < -0.39 is 0 Å². The second-order valence-corrected chi connectivity index (χ2v) is 6.57. The molecule has 2 aliphatic rings. The van der Waals surface area contributed by atoms with Gasteiger partial charge in [0.1, 0.15) is 17.9 Å². The van der Waals surface area contributed by atoms with E-state index in [2.05, 4.69) is 33.1 Å². The van der Waals surface area contributed by atoms with Crippen LogP contribution in [-0.4, -0.2) is 36.3 Å². The highest BCUT2D eigenvalue weighted by Gasteiger charge is 2.31. The lowest BCUT2D eigenvalue weighted by Gasteiger charge is -2.24. The zero-order chi connectivity index (χ0) is 16.4. The van der Waals surface area contributed by atoms with Gasteiger partial charge in [-0.2, -0.15) is 0 Å². The molecule has 0 amide bonds. The molecule has 1 aliphatic heterocycles. The topological polar surface area (TPSA) is 47.5 Å². The molecule has 1 atom stereocenters. The number of hydrogen-bond acceptors (Lipinski definition) is 5. The molecule has 5 heteroatoms. The lowest BCUT2D eigenvalue weighted by Crippen LogP contribution is -2.26. The molecule has 5 nitrogen and oxygen atoms in total. The molecule has 0 radical (unpaired) electrons. The number of ether oxygens (including phenoxy) is 2. The number of nitrogens with zero attached hydrogens (tertiary/aromatic N) is 3. The van der Waals surface area contributed by atoms with Crippen LogP contribution < -0.4 is 9.64 Å². The first kappa shape index (κ1) is 15.4. The van der Waals surface area contributed by atoms with E-state index in [0.717, 1.165) is 43.4 Å². The van der Waals surface area contributed by atoms with E-state index in [-0.39, 0.29) is 0 Å². The number of benzene rings is 1. The van der Waals surface area contributed by atoms with Gasteiger partial charge >= 0.3 is 0 Å². The van der Waals surface area contributed by atoms with Crippen molar-refractivity contribution in [3.63, 3.8) is 0 Å². The van der Waals surface area contributed by atoms with Crippen molar-refractivity contribution in [1.29, 1.82) is 0 Å². The summed E-state index contributed by atoms with van der Waals surface area (Å²) in [5.74, 6) is 2.33. The SMILES string of the molecule is COc1cccc(CN(c2cc([C@H]3CCOC3)ncn2)C2CC2)c1. The molecule has 2 aromatic rings. The Kier molecular flexibility index (Phi) is 4.34. The highest BCUT2D eigenvalue weighted by atomic mass is 16.5. The average Bonchev–Trinajstić information content (AvgIpc) is 3.32. The summed E-state index contributed by atoms with van der Waals surface area (Å²) in [6.45, 7) is 2.45. The molecular formula is C19H23N3O2. The fraction of sp³-hybridized carbons (Fsp3) is 0.474. The van der Waals surface area contributed by atoms with Gasteiger partial charge in [0, 0.05) is 31.2 Å². The van der Waals surface area contributed by atoms with Crippen LogP contribution in [0.2, 0.25) is 0 Å². The zero-order valence-electron chi connectivity index (χ0n) is 14.0. The maximum Gasteiger partial charge on any atom is 0.132 e. The first-order chi connectivity index (χ1) is 11.8. The van der Waals surface area contributed by atoms with Gasteiger partial charge in [-0.3, -0.25) is 0 Å². The van der Waals surface area contributed by atoms with Crippen molar-refractivity contribution in [3.8, 4) is 5.75 Å². The van der Waals surface area contributed by atoms with Crippen LogP contribution in [0.4, 0.5) is 5.82 Å². The molecule has 0 N–H and O–H groups in total. The third-order valence-electron chi connectivity index (χ3n) is 4.79. The predicted octanol–water partition coefficient (Wildman–Crippen LogP) is 3.16. The maximum atomic E-state index is 5.50. The molecule has 1 aromatic heterocycles. The molecule has 1 aromatic carbocycles. The Morgan fingerprint density at radius 2 is 2.12 bits per heavy atom. The van der Waals surface area contributed by atoms with E-state index in [0.29, 0.717) is 12.0 Å². The van der Waals surface area contributed by atoms with Gasteiger partial charge in [0.2, 0.25) is 0 Å². The van der Waals surface area contributed by atoms with Gasteiger partial charge in [-0.25, -0.2) is 9.97 Å². The summed E-state index contributed by atoms with van der Waals surface area (Å²) < 4.78 is 10.9. The number of anilines is 1. The Bertz CT molecular complexity index is 697. The molecular weight excluding hydrogens is 302 g/mol. The Morgan fingerprint density at radius 1 is 1.21 bits per heavy atom. The van der Waals surface area contributed by atoms with Crippen LogP contribution in [0.15, 0.2) is 36.7 Å². The molecule has 0 bridgehead atoms. The molecule has 1 aliphatic carbocycles. The summed E-state index contributed by atoms with van der Waals surface area (Å²) in [4.78, 5) is 11.4. The number of rotatable bonds is 6. The summed E-state index contributed by atoms with van der Waals surface area (Å²) in [5.41, 5.74) is 2.35. The number of aromatic nitrogens is 2. The van der Waals surface area contributed by atoms with Crippen LogP contribution in [0, 0.1) is 0 Å². The Balaban J connectivity index is 1.57. The minimum atomic E-state index is 0.407. The molecule has 1 saturated carbocycles. The van der Waals surface area contributed by atoms with Crippen molar-refractivity contribution in [1.82, 2.24) is 9.97 Å². The van der Waals surface area contributed by atoms with E-state index in [1.807, 2.05) is 12.1 Å². The lowest BCUT2D eigenvalue weighted by atomic mass is 10.0. The summed E-state index contributed by atoms with van der Waals surface area (Å²) in [6, 6.07) is 11.0. The molecule has 0 unspecified atom stereocenters. The number of hydrogen-bond donors (Lipinski definition) is 0. The van der Waals surface area contributed by atoms with Crippen molar-refractivity contribution in [3.05, 3.63) is 47.9 Å². The van der Waals surface area contributed by atoms with E-state index in [9.17, 15) is 0 Å². The van der Waals surface area contributed by atoms with Gasteiger partial charge in [-0.15, -0.1) is 0 Å². The summed E-state index contributed by atoms with van der Waals surface area (Å²) in [7, 11) is 1.71. The van der Waals surface area contributed by atoms with Crippen LogP contribution in [0.1, 0.15) is 36.4 Å². The second-order valence-electron chi connectivity index (χ2n) is 6.57. The largest absolute Gasteiger partial charge is 0.497 e. The summed E-state index contributed by atoms with van der Waals surface area (Å²) in [6.07, 6.45) is 5.21. The van der Waals surface area contributed by atoms with E-state index in [1.165, 1.54) is 18.4 Å². The minimum Gasteiger partial charge on any atom is -0.497 e. The molecule has 4 rings (SSSR count). The van der Waals surface area contributed by atoms with E-state index >= 15 is 0 Å². The third-order valence-corrected chi connectivity index (χ3v) is 4.79. The minimum absolute atomic E-state index is 0.407. The van der Waals surface area contributed by atoms with Gasteiger partial charge in [0.05, 0.1) is 19.4 Å². The summed E-state index contributed by atoms with van der Waals surface area (Å²) in [5, 5.41) is 0. The van der Waals surface area contributed by atoms with Crippen LogP contribution in [0.3, 0.4) is 0 Å². The fourth-order valence-electron chi connectivity index (χ4n) is 3.26. The van der Waals surface area contributed by atoms with E-state index in [4.69, 9.17) is 9.47 Å². The second kappa shape index (κ2) is 6.77. The molecule has 1 saturated heterocycles. The maximum absolute atomic E-state index is 5.50. The normalized spacial score (nSPS) is 20.1. The summed E-state index contributed by atoms with van der Waals surface area (Å²) >= 11 is 0. The smallest absolute Gasteiger partial charge is 0.132 e. The van der Waals surface area contributed by atoms with Crippen LogP contribution >= 0.6 is 0 Å². The standard InChI is InChI=1S/C19H23N3O2/c1-23-17-4-2-3-14(9-17)11-22(16-5-6-16)19-10-18(20-13-21-19)15-7-8-24-12-15/h2-4,9-10,13,15-16H,5-8,11-12H2,1H3/t15-/m0/s1. The van der Waals surface area contributed by atoms with Crippen LogP contribution in [0.25, 0.3) is 0 Å². The molecule has 2 fully saturated rings.